The molecule has 0 saturated heterocycles. The molecular formula is C17H15BrN4O2S. The summed E-state index contributed by atoms with van der Waals surface area (Å²) in [5.41, 5.74) is 1.26. The third-order valence-corrected chi connectivity index (χ3v) is 4.84. The van der Waals surface area contributed by atoms with Crippen molar-refractivity contribution in [1.82, 2.24) is 19.9 Å². The van der Waals surface area contributed by atoms with Crippen molar-refractivity contribution in [2.75, 3.05) is 6.26 Å². The number of amides is 1. The first-order valence-electron chi connectivity index (χ1n) is 7.40. The summed E-state index contributed by atoms with van der Waals surface area (Å²) in [6.45, 7) is 0.373. The van der Waals surface area contributed by atoms with E-state index >= 15 is 0 Å². The number of nitrogens with one attached hydrogen (secondary N) is 1. The molecule has 1 amide bonds. The van der Waals surface area contributed by atoms with Crippen LogP contribution in [0.4, 0.5) is 0 Å². The SMILES string of the molecule is CS(=O)c1ccc(CNC(=O)c2cccc(-n3cnc(Br)c3)n2)cc1. The van der Waals surface area contributed by atoms with E-state index in [0.29, 0.717) is 22.7 Å². The third kappa shape index (κ3) is 4.40. The molecule has 0 spiro atoms. The van der Waals surface area contributed by atoms with E-state index in [2.05, 4.69) is 31.2 Å². The maximum absolute atomic E-state index is 12.3. The number of benzene rings is 1. The quantitative estimate of drug-likeness (QED) is 0.690. The van der Waals surface area contributed by atoms with Crippen LogP contribution in [0.25, 0.3) is 5.82 Å². The van der Waals surface area contributed by atoms with E-state index in [-0.39, 0.29) is 5.91 Å². The van der Waals surface area contributed by atoms with Crippen LogP contribution in [0, 0.1) is 0 Å². The number of carbonyl (C=O) groups is 1. The van der Waals surface area contributed by atoms with Gasteiger partial charge >= 0.3 is 0 Å². The number of imidazole rings is 1. The fourth-order valence-electron chi connectivity index (χ4n) is 2.19. The molecule has 1 aromatic carbocycles. The summed E-state index contributed by atoms with van der Waals surface area (Å²) < 4.78 is 13.8. The van der Waals surface area contributed by atoms with Gasteiger partial charge in [-0.15, -0.1) is 0 Å². The molecule has 3 aromatic rings. The van der Waals surface area contributed by atoms with Gasteiger partial charge in [0.25, 0.3) is 5.91 Å². The zero-order valence-electron chi connectivity index (χ0n) is 13.3. The fraction of sp³-hybridized carbons (Fsp3) is 0.118. The van der Waals surface area contributed by atoms with E-state index in [1.807, 2.05) is 12.1 Å². The van der Waals surface area contributed by atoms with Crippen molar-refractivity contribution < 1.29 is 9.00 Å². The number of halogens is 1. The smallest absolute Gasteiger partial charge is 0.270 e. The summed E-state index contributed by atoms with van der Waals surface area (Å²) >= 11 is 3.28. The molecule has 1 atom stereocenters. The van der Waals surface area contributed by atoms with Crippen molar-refractivity contribution >= 4 is 32.6 Å². The lowest BCUT2D eigenvalue weighted by atomic mass is 10.2. The minimum absolute atomic E-state index is 0.260. The Morgan fingerprint density at radius 1 is 1.24 bits per heavy atom. The standard InChI is InChI=1S/C17H15BrN4O2S/c1-25(24)13-7-5-12(6-8-13)9-19-17(23)14-3-2-4-16(21-14)22-10-15(18)20-11-22/h2-8,10-11H,9H2,1H3,(H,19,23). The van der Waals surface area contributed by atoms with Crippen molar-refractivity contribution in [3.63, 3.8) is 0 Å². The van der Waals surface area contributed by atoms with Crippen LogP contribution >= 0.6 is 15.9 Å². The van der Waals surface area contributed by atoms with Crippen LogP contribution in [0.3, 0.4) is 0 Å². The van der Waals surface area contributed by atoms with Gasteiger partial charge in [-0.2, -0.15) is 0 Å². The van der Waals surface area contributed by atoms with Gasteiger partial charge in [-0.25, -0.2) is 9.97 Å². The third-order valence-electron chi connectivity index (χ3n) is 3.49. The summed E-state index contributed by atoms with van der Waals surface area (Å²) in [7, 11) is -1.01. The Morgan fingerprint density at radius 3 is 2.64 bits per heavy atom. The van der Waals surface area contributed by atoms with Gasteiger partial charge in [-0.05, 0) is 45.8 Å². The minimum atomic E-state index is -1.01. The largest absolute Gasteiger partial charge is 0.347 e. The number of hydrogen-bond acceptors (Lipinski definition) is 4. The number of hydrogen-bond donors (Lipinski definition) is 1. The first-order chi connectivity index (χ1) is 12.0. The second-order valence-electron chi connectivity index (χ2n) is 5.27. The number of pyridine rings is 1. The van der Waals surface area contributed by atoms with Gasteiger partial charge in [-0.3, -0.25) is 13.6 Å². The number of rotatable bonds is 5. The topological polar surface area (TPSA) is 76.9 Å². The number of nitrogens with zero attached hydrogens (tertiary/aromatic N) is 3. The van der Waals surface area contributed by atoms with Crippen molar-refractivity contribution in [3.8, 4) is 5.82 Å². The summed E-state index contributed by atoms with van der Waals surface area (Å²) in [5, 5.41) is 2.84. The highest BCUT2D eigenvalue weighted by atomic mass is 79.9. The molecule has 1 N–H and O–H groups in total. The highest BCUT2D eigenvalue weighted by Gasteiger charge is 2.09. The van der Waals surface area contributed by atoms with Crippen LogP contribution in [0.1, 0.15) is 16.1 Å². The van der Waals surface area contributed by atoms with Gasteiger partial charge in [0.15, 0.2) is 0 Å². The molecule has 0 saturated carbocycles. The molecular weight excluding hydrogens is 404 g/mol. The van der Waals surface area contributed by atoms with Gasteiger partial charge in [0.1, 0.15) is 22.4 Å². The van der Waals surface area contributed by atoms with E-state index in [1.165, 1.54) is 0 Å². The zero-order valence-corrected chi connectivity index (χ0v) is 15.8. The first-order valence-corrected chi connectivity index (χ1v) is 9.75. The highest BCUT2D eigenvalue weighted by Crippen LogP contribution is 2.11. The maximum Gasteiger partial charge on any atom is 0.270 e. The molecule has 0 bridgehead atoms. The van der Waals surface area contributed by atoms with E-state index in [1.54, 1.807) is 53.7 Å². The monoisotopic (exact) mass is 418 g/mol. The molecule has 3 rings (SSSR count). The van der Waals surface area contributed by atoms with Gasteiger partial charge in [0.2, 0.25) is 0 Å². The van der Waals surface area contributed by atoms with Gasteiger partial charge < -0.3 is 5.32 Å². The summed E-state index contributed by atoms with van der Waals surface area (Å²) in [6, 6.07) is 12.5. The molecule has 128 valence electrons. The first kappa shape index (κ1) is 17.5. The van der Waals surface area contributed by atoms with Crippen LogP contribution in [0.5, 0.6) is 0 Å². The van der Waals surface area contributed by atoms with Crippen LogP contribution < -0.4 is 5.32 Å². The average Bonchev–Trinajstić information content (AvgIpc) is 3.06. The van der Waals surface area contributed by atoms with E-state index in [9.17, 15) is 9.00 Å². The molecule has 25 heavy (non-hydrogen) atoms. The molecule has 1 unspecified atom stereocenters. The Bertz CT molecular complexity index is 924. The Morgan fingerprint density at radius 2 is 2.00 bits per heavy atom. The van der Waals surface area contributed by atoms with Gasteiger partial charge in [-0.1, -0.05) is 18.2 Å². The second-order valence-corrected chi connectivity index (χ2v) is 7.46. The van der Waals surface area contributed by atoms with Crippen molar-refractivity contribution in [3.05, 3.63) is 70.8 Å². The lowest BCUT2D eigenvalue weighted by Crippen LogP contribution is -2.24. The zero-order chi connectivity index (χ0) is 17.8. The van der Waals surface area contributed by atoms with E-state index < -0.39 is 10.8 Å². The van der Waals surface area contributed by atoms with Gasteiger partial charge in [0.05, 0.1) is 0 Å². The highest BCUT2D eigenvalue weighted by molar-refractivity contribution is 9.10. The van der Waals surface area contributed by atoms with Crippen LogP contribution in [0.15, 0.2) is 64.5 Å². The Labute approximate surface area is 155 Å². The van der Waals surface area contributed by atoms with E-state index in [4.69, 9.17) is 0 Å². The number of aromatic nitrogens is 3. The molecule has 0 aliphatic rings. The van der Waals surface area contributed by atoms with Crippen LogP contribution in [-0.4, -0.2) is 30.9 Å². The molecule has 8 heteroatoms. The predicted molar refractivity (Wildman–Crippen MR) is 99.0 cm³/mol. The maximum atomic E-state index is 12.3. The van der Waals surface area contributed by atoms with Crippen LogP contribution in [0.2, 0.25) is 0 Å². The van der Waals surface area contributed by atoms with E-state index in [0.717, 1.165) is 10.5 Å². The summed E-state index contributed by atoms with van der Waals surface area (Å²) in [6.07, 6.45) is 5.02. The fourth-order valence-corrected chi connectivity index (χ4v) is 3.02. The Kier molecular flexibility index (Phi) is 5.40. The predicted octanol–water partition coefficient (Wildman–Crippen LogP) is 2.70. The molecule has 0 aliphatic heterocycles. The second kappa shape index (κ2) is 7.71. The minimum Gasteiger partial charge on any atom is -0.347 e. The molecule has 0 aliphatic carbocycles. The molecule has 2 aromatic heterocycles. The Hall–Kier alpha value is -2.32. The van der Waals surface area contributed by atoms with Crippen LogP contribution in [-0.2, 0) is 17.3 Å². The average molecular weight is 419 g/mol. The lowest BCUT2D eigenvalue weighted by molar-refractivity contribution is 0.0946. The summed E-state index contributed by atoms with van der Waals surface area (Å²) in [5.74, 6) is 0.352. The number of carbonyl (C=O) groups excluding carboxylic acids is 1. The molecule has 0 radical (unpaired) electrons. The normalized spacial score (nSPS) is 11.9. The molecule has 6 nitrogen and oxygen atoms in total. The van der Waals surface area contributed by atoms with Crippen molar-refractivity contribution in [1.29, 1.82) is 0 Å². The molecule has 2 heterocycles. The summed E-state index contributed by atoms with van der Waals surface area (Å²) in [4.78, 5) is 21.5. The lowest BCUT2D eigenvalue weighted by Gasteiger charge is -2.07. The Balaban J connectivity index is 1.68. The van der Waals surface area contributed by atoms with Gasteiger partial charge in [0, 0.05) is 34.7 Å². The molecule has 0 fully saturated rings. The van der Waals surface area contributed by atoms with Crippen molar-refractivity contribution in [2.24, 2.45) is 0 Å². The van der Waals surface area contributed by atoms with Crippen molar-refractivity contribution in [2.45, 2.75) is 11.4 Å².